The molecule has 2 aromatic rings. The number of nitrogens with one attached hydrogen (secondary N) is 1. The van der Waals surface area contributed by atoms with Gasteiger partial charge in [0.25, 0.3) is 5.91 Å². The van der Waals surface area contributed by atoms with Crippen LogP contribution in [-0.2, 0) is 19.8 Å². The lowest BCUT2D eigenvalue weighted by molar-refractivity contribution is -0.254. The Morgan fingerprint density at radius 1 is 1.23 bits per heavy atom. The number of carbonyl (C=O) groups is 2. The van der Waals surface area contributed by atoms with Crippen LogP contribution in [0, 0.1) is 11.6 Å². The summed E-state index contributed by atoms with van der Waals surface area (Å²) in [5.74, 6) is -3.87. The predicted octanol–water partition coefficient (Wildman–Crippen LogP) is 5.32. The van der Waals surface area contributed by atoms with Crippen molar-refractivity contribution >= 4 is 39.5 Å². The van der Waals surface area contributed by atoms with Gasteiger partial charge in [0.05, 0.1) is 10.2 Å². The van der Waals surface area contributed by atoms with Crippen LogP contribution in [0.15, 0.2) is 40.0 Å². The third-order valence-electron chi connectivity index (χ3n) is 5.70. The van der Waals surface area contributed by atoms with Crippen molar-refractivity contribution in [2.24, 2.45) is 5.16 Å². The second kappa shape index (κ2) is 9.30. The van der Waals surface area contributed by atoms with E-state index in [4.69, 9.17) is 4.84 Å². The van der Waals surface area contributed by atoms with Crippen LogP contribution in [0.1, 0.15) is 50.0 Å². The summed E-state index contributed by atoms with van der Waals surface area (Å²) in [7, 11) is 0. The molecule has 35 heavy (non-hydrogen) atoms. The number of fused-ring (bicyclic) bond motifs is 1. The number of nitrogens with zero attached hydrogens (tertiary/aromatic N) is 1. The van der Waals surface area contributed by atoms with Gasteiger partial charge in [-0.25, -0.2) is 8.78 Å². The normalized spacial score (nSPS) is 17.5. The Labute approximate surface area is 205 Å². The van der Waals surface area contributed by atoms with Crippen molar-refractivity contribution < 1.29 is 41.5 Å². The average Bonchev–Trinajstić information content (AvgIpc) is 2.75. The maximum Gasteiger partial charge on any atom is 0.426 e. The van der Waals surface area contributed by atoms with E-state index >= 15 is 0 Å². The number of benzene rings is 2. The molecule has 0 fully saturated rings. The first kappa shape index (κ1) is 26.7. The fraction of sp³-hybridized carbons (Fsp3) is 0.348. The van der Waals surface area contributed by atoms with Gasteiger partial charge in [-0.15, -0.1) is 0 Å². The molecular weight excluding hydrogens is 543 g/mol. The third kappa shape index (κ3) is 5.08. The molecule has 2 atom stereocenters. The summed E-state index contributed by atoms with van der Waals surface area (Å²) in [4.78, 5) is 29.0. The largest absolute Gasteiger partial charge is 0.426 e. The maximum atomic E-state index is 14.0. The van der Waals surface area contributed by atoms with Crippen molar-refractivity contribution in [3.63, 3.8) is 0 Å². The SMILES string of the molecule is CC1=NOC(C=O)c2ccc(NC(=O)C(O)(CC(C)(C)c3cc(F)cc(F)c3Br)C(F)(F)F)cc21. The van der Waals surface area contributed by atoms with E-state index in [-0.39, 0.29) is 15.7 Å². The van der Waals surface area contributed by atoms with Gasteiger partial charge in [0.15, 0.2) is 6.29 Å². The van der Waals surface area contributed by atoms with E-state index in [0.29, 0.717) is 29.2 Å². The van der Waals surface area contributed by atoms with Gasteiger partial charge >= 0.3 is 6.18 Å². The van der Waals surface area contributed by atoms with Crippen LogP contribution < -0.4 is 5.32 Å². The quantitative estimate of drug-likeness (QED) is 0.283. The van der Waals surface area contributed by atoms with Crippen LogP contribution in [0.4, 0.5) is 27.6 Å². The number of carbonyl (C=O) groups excluding carboxylic acids is 2. The molecule has 0 aromatic heterocycles. The van der Waals surface area contributed by atoms with Crippen molar-refractivity contribution in [3.8, 4) is 0 Å². The molecular formula is C23H20BrF5N2O4. The highest BCUT2D eigenvalue weighted by Gasteiger charge is 2.61. The van der Waals surface area contributed by atoms with E-state index in [9.17, 15) is 36.6 Å². The van der Waals surface area contributed by atoms with Crippen molar-refractivity contribution in [2.45, 2.75) is 50.5 Å². The predicted molar refractivity (Wildman–Crippen MR) is 120 cm³/mol. The molecule has 1 heterocycles. The average molecular weight is 563 g/mol. The number of rotatable bonds is 6. The molecule has 0 saturated heterocycles. The topological polar surface area (TPSA) is 88.0 Å². The van der Waals surface area contributed by atoms with Gasteiger partial charge in [-0.3, -0.25) is 9.59 Å². The zero-order valence-corrected chi connectivity index (χ0v) is 20.2. The number of hydrogen-bond acceptors (Lipinski definition) is 5. The Morgan fingerprint density at radius 2 is 1.89 bits per heavy atom. The van der Waals surface area contributed by atoms with Crippen LogP contribution in [0.3, 0.4) is 0 Å². The second-order valence-electron chi connectivity index (χ2n) is 8.76. The van der Waals surface area contributed by atoms with E-state index in [1.54, 1.807) is 0 Å². The molecule has 0 aliphatic carbocycles. The van der Waals surface area contributed by atoms with Crippen molar-refractivity contribution in [2.75, 3.05) is 5.32 Å². The highest BCUT2D eigenvalue weighted by molar-refractivity contribution is 9.10. The van der Waals surface area contributed by atoms with Gasteiger partial charge in [0, 0.05) is 29.3 Å². The molecule has 0 spiro atoms. The van der Waals surface area contributed by atoms with Crippen LogP contribution in [0.5, 0.6) is 0 Å². The molecule has 2 N–H and O–H groups in total. The smallest absolute Gasteiger partial charge is 0.380 e. The highest BCUT2D eigenvalue weighted by atomic mass is 79.9. The molecule has 6 nitrogen and oxygen atoms in total. The minimum Gasteiger partial charge on any atom is -0.380 e. The van der Waals surface area contributed by atoms with Gasteiger partial charge in [-0.05, 0) is 52.0 Å². The molecule has 3 rings (SSSR count). The zero-order chi connectivity index (χ0) is 26.3. The second-order valence-corrected chi connectivity index (χ2v) is 9.56. The number of aldehydes is 1. The fourth-order valence-corrected chi connectivity index (χ4v) is 4.63. The molecule has 0 radical (unpaired) electrons. The van der Waals surface area contributed by atoms with Crippen LogP contribution in [0.25, 0.3) is 0 Å². The number of amides is 1. The maximum absolute atomic E-state index is 14.0. The Bertz CT molecular complexity index is 1220. The van der Waals surface area contributed by atoms with E-state index < -0.39 is 47.3 Å². The number of aliphatic hydroxyl groups is 1. The number of oxime groups is 1. The lowest BCUT2D eigenvalue weighted by atomic mass is 9.74. The van der Waals surface area contributed by atoms with Crippen molar-refractivity contribution in [1.29, 1.82) is 0 Å². The summed E-state index contributed by atoms with van der Waals surface area (Å²) in [6.07, 6.45) is -7.21. The van der Waals surface area contributed by atoms with Gasteiger partial charge in [0.1, 0.15) is 11.6 Å². The van der Waals surface area contributed by atoms with Crippen molar-refractivity contribution in [3.05, 3.63) is 63.1 Å². The van der Waals surface area contributed by atoms with E-state index in [1.807, 2.05) is 0 Å². The summed E-state index contributed by atoms with van der Waals surface area (Å²) in [5, 5.41) is 16.4. The number of anilines is 1. The lowest BCUT2D eigenvalue weighted by Crippen LogP contribution is -2.57. The molecule has 2 aromatic carbocycles. The third-order valence-corrected chi connectivity index (χ3v) is 6.50. The first-order chi connectivity index (χ1) is 16.1. The molecule has 0 bridgehead atoms. The Balaban J connectivity index is 1.97. The van der Waals surface area contributed by atoms with Crippen LogP contribution >= 0.6 is 15.9 Å². The molecule has 1 aliphatic heterocycles. The fourth-order valence-electron chi connectivity index (χ4n) is 3.86. The van der Waals surface area contributed by atoms with Gasteiger partial charge < -0.3 is 15.3 Å². The monoisotopic (exact) mass is 562 g/mol. The molecule has 188 valence electrons. The van der Waals surface area contributed by atoms with E-state index in [2.05, 4.69) is 26.4 Å². The van der Waals surface area contributed by atoms with E-state index in [1.165, 1.54) is 39.0 Å². The Morgan fingerprint density at radius 3 is 2.49 bits per heavy atom. The molecule has 0 saturated carbocycles. The van der Waals surface area contributed by atoms with Crippen LogP contribution in [0.2, 0.25) is 0 Å². The molecule has 1 amide bonds. The number of alkyl halides is 3. The first-order valence-corrected chi connectivity index (χ1v) is 11.0. The Kier molecular flexibility index (Phi) is 7.11. The minimum absolute atomic E-state index is 0.103. The minimum atomic E-state index is -5.44. The summed E-state index contributed by atoms with van der Waals surface area (Å²) in [5.41, 5.74) is -4.86. The summed E-state index contributed by atoms with van der Waals surface area (Å²) >= 11 is 2.90. The summed E-state index contributed by atoms with van der Waals surface area (Å²) in [6.45, 7) is 3.97. The van der Waals surface area contributed by atoms with Gasteiger partial charge in [0.2, 0.25) is 11.7 Å². The molecule has 2 unspecified atom stereocenters. The summed E-state index contributed by atoms with van der Waals surface area (Å²) in [6, 6.07) is 5.31. The lowest BCUT2D eigenvalue weighted by Gasteiger charge is -2.37. The zero-order valence-electron chi connectivity index (χ0n) is 18.6. The summed E-state index contributed by atoms with van der Waals surface area (Å²) < 4.78 is 69.7. The standard InChI is InChI=1S/C23H20BrF5N2O4/c1-11-15-8-13(4-5-14(15)18(9-32)35-31-11)30-20(33)22(34,23(27,28)29)10-21(2,3)16-6-12(25)7-17(26)19(16)24/h4-9,18,34H,10H2,1-3H3,(H,30,33). The van der Waals surface area contributed by atoms with Gasteiger partial charge in [-0.1, -0.05) is 25.1 Å². The number of hydrogen-bond donors (Lipinski definition) is 2. The van der Waals surface area contributed by atoms with Crippen molar-refractivity contribution in [1.82, 2.24) is 0 Å². The first-order valence-electron chi connectivity index (χ1n) is 10.2. The molecule has 12 heteroatoms. The number of halogens is 6. The highest BCUT2D eigenvalue weighted by Crippen LogP contribution is 2.44. The van der Waals surface area contributed by atoms with Gasteiger partial charge in [-0.2, -0.15) is 13.2 Å². The Hall–Kier alpha value is -2.86. The van der Waals surface area contributed by atoms with Crippen LogP contribution in [-0.4, -0.2) is 34.8 Å². The van der Waals surface area contributed by atoms with E-state index in [0.717, 1.165) is 6.07 Å². The molecule has 1 aliphatic rings.